The van der Waals surface area contributed by atoms with Gasteiger partial charge in [0.25, 0.3) is 0 Å². The molecule has 0 amide bonds. The number of allylic oxidation sites excluding steroid dienone is 2. The number of hydrogen-bond donors (Lipinski definition) is 3. The quantitative estimate of drug-likeness (QED) is 0.555. The maximum atomic E-state index is 10.1. The highest BCUT2D eigenvalue weighted by Crippen LogP contribution is 2.41. The predicted octanol–water partition coefficient (Wildman–Crippen LogP) is 4.57. The van der Waals surface area contributed by atoms with E-state index < -0.39 is 11.8 Å². The minimum atomic E-state index is -0.404. The van der Waals surface area contributed by atoms with Crippen LogP contribution in [0.4, 0.5) is 0 Å². The average molecular weight is 329 g/mol. The first kappa shape index (κ1) is 17.5. The van der Waals surface area contributed by atoms with Gasteiger partial charge in [0.1, 0.15) is 12.4 Å². The third-order valence-corrected chi connectivity index (χ3v) is 3.45. The molecule has 0 bridgehead atoms. The Morgan fingerprint density at radius 1 is 1.00 bits per heavy atom. The van der Waals surface area contributed by atoms with Crippen LogP contribution in [0.5, 0.6) is 17.5 Å². The zero-order chi connectivity index (χ0) is 17.9. The van der Waals surface area contributed by atoms with Crippen molar-refractivity contribution in [1.29, 1.82) is 0 Å². The number of ether oxygens (including phenoxy) is 1. The van der Waals surface area contributed by atoms with Crippen molar-refractivity contribution in [3.8, 4) is 28.6 Å². The van der Waals surface area contributed by atoms with E-state index in [4.69, 9.17) is 4.74 Å². The second kappa shape index (κ2) is 7.17. The lowest BCUT2D eigenvalue weighted by atomic mass is 10.0. The van der Waals surface area contributed by atoms with E-state index in [2.05, 4.69) is 0 Å². The molecule has 1 aromatic heterocycles. The van der Waals surface area contributed by atoms with E-state index in [1.807, 2.05) is 33.8 Å². The molecule has 0 aliphatic heterocycles. The summed E-state index contributed by atoms with van der Waals surface area (Å²) in [6, 6.07) is 7.11. The lowest BCUT2D eigenvalue weighted by Gasteiger charge is -2.06. The molecule has 1 heterocycles. The molecule has 2 aromatic rings. The van der Waals surface area contributed by atoms with Gasteiger partial charge in [-0.05, 0) is 51.5 Å². The van der Waals surface area contributed by atoms with Gasteiger partial charge in [-0.2, -0.15) is 0 Å². The van der Waals surface area contributed by atoms with Crippen LogP contribution in [0, 0.1) is 0 Å². The topological polar surface area (TPSA) is 74.9 Å². The molecule has 0 radical (unpaired) electrons. The Morgan fingerprint density at radius 3 is 2.17 bits per heavy atom. The Kier molecular flexibility index (Phi) is 5.24. The van der Waals surface area contributed by atoms with E-state index in [0.29, 0.717) is 33.8 Å². The second-order valence-electron chi connectivity index (χ2n) is 6.09. The van der Waals surface area contributed by atoms with Crippen LogP contribution in [-0.2, 0) is 0 Å². The highest BCUT2D eigenvalue weighted by atomic mass is 16.5. The van der Waals surface area contributed by atoms with Crippen molar-refractivity contribution in [1.82, 2.24) is 4.73 Å². The molecular formula is C19H23NO4. The average Bonchev–Trinajstić information content (AvgIpc) is 2.72. The fraction of sp³-hybridized carbons (Fsp3) is 0.263. The summed E-state index contributed by atoms with van der Waals surface area (Å²) < 4.78 is 5.99. The second-order valence-corrected chi connectivity index (χ2v) is 6.09. The van der Waals surface area contributed by atoms with E-state index in [-0.39, 0.29) is 0 Å². The predicted molar refractivity (Wildman–Crippen MR) is 94.6 cm³/mol. The summed E-state index contributed by atoms with van der Waals surface area (Å²) in [5, 5.41) is 29.9. The van der Waals surface area contributed by atoms with Crippen molar-refractivity contribution in [2.75, 3.05) is 6.61 Å². The van der Waals surface area contributed by atoms with Crippen molar-refractivity contribution in [2.45, 2.75) is 27.7 Å². The number of benzene rings is 1. The summed E-state index contributed by atoms with van der Waals surface area (Å²) in [6.45, 7) is 8.24. The molecule has 5 heteroatoms. The first-order valence-corrected chi connectivity index (χ1v) is 7.68. The summed E-state index contributed by atoms with van der Waals surface area (Å²) in [5.41, 5.74) is 3.51. The normalized spacial score (nSPS) is 10.3. The Hall–Kier alpha value is -2.82. The molecule has 5 nitrogen and oxygen atoms in total. The van der Waals surface area contributed by atoms with E-state index in [1.54, 1.807) is 30.3 Å². The number of hydrogen-bond acceptors (Lipinski definition) is 4. The molecule has 0 spiro atoms. The summed E-state index contributed by atoms with van der Waals surface area (Å²) >= 11 is 0. The zero-order valence-corrected chi connectivity index (χ0v) is 14.4. The minimum Gasteiger partial charge on any atom is -0.492 e. The highest BCUT2D eigenvalue weighted by Gasteiger charge is 2.22. The Labute approximate surface area is 141 Å². The van der Waals surface area contributed by atoms with Crippen molar-refractivity contribution in [3.05, 3.63) is 47.1 Å². The van der Waals surface area contributed by atoms with Gasteiger partial charge in [0.05, 0.1) is 11.1 Å². The molecule has 1 aromatic carbocycles. The van der Waals surface area contributed by atoms with Crippen LogP contribution in [0.1, 0.15) is 33.3 Å². The summed E-state index contributed by atoms with van der Waals surface area (Å²) in [4.78, 5) is 0. The lowest BCUT2D eigenvalue weighted by molar-refractivity contribution is 0.131. The van der Waals surface area contributed by atoms with Crippen molar-refractivity contribution < 1.29 is 20.2 Å². The maximum absolute atomic E-state index is 10.1. The molecule has 0 aliphatic carbocycles. The Bertz CT molecular complexity index is 775. The number of aromatic nitrogens is 1. The van der Waals surface area contributed by atoms with E-state index in [0.717, 1.165) is 5.57 Å². The van der Waals surface area contributed by atoms with Gasteiger partial charge in [-0.25, -0.2) is 0 Å². The standard InChI is InChI=1S/C19H23NO4/c1-12(2)9-10-24-15-7-5-14(6-8-15)17-16(11-13(3)4)18(21)20(23)19(17)22/h5-9,11,21-23H,10H2,1-4H3. The molecule has 0 saturated heterocycles. The van der Waals surface area contributed by atoms with Crippen LogP contribution in [0.3, 0.4) is 0 Å². The molecule has 0 aliphatic rings. The Morgan fingerprint density at radius 2 is 1.62 bits per heavy atom. The molecule has 0 atom stereocenters. The van der Waals surface area contributed by atoms with Gasteiger partial charge in [0, 0.05) is 0 Å². The first-order valence-electron chi connectivity index (χ1n) is 7.68. The van der Waals surface area contributed by atoms with E-state index >= 15 is 0 Å². The molecular weight excluding hydrogens is 306 g/mol. The lowest BCUT2D eigenvalue weighted by Crippen LogP contribution is -1.93. The zero-order valence-electron chi connectivity index (χ0n) is 14.4. The first-order chi connectivity index (χ1) is 11.3. The molecule has 0 unspecified atom stereocenters. The van der Waals surface area contributed by atoms with Gasteiger partial charge in [0.15, 0.2) is 0 Å². The van der Waals surface area contributed by atoms with Gasteiger partial charge in [-0.3, -0.25) is 0 Å². The fourth-order valence-corrected chi connectivity index (χ4v) is 2.28. The molecule has 0 fully saturated rings. The molecule has 24 heavy (non-hydrogen) atoms. The van der Waals surface area contributed by atoms with Crippen LogP contribution in [0.25, 0.3) is 17.2 Å². The fourth-order valence-electron chi connectivity index (χ4n) is 2.28. The summed E-state index contributed by atoms with van der Waals surface area (Å²) in [7, 11) is 0. The number of nitrogens with zero attached hydrogens (tertiary/aromatic N) is 1. The third-order valence-electron chi connectivity index (χ3n) is 3.45. The van der Waals surface area contributed by atoms with Crippen molar-refractivity contribution in [3.63, 3.8) is 0 Å². The van der Waals surface area contributed by atoms with Gasteiger partial charge in [0.2, 0.25) is 11.8 Å². The largest absolute Gasteiger partial charge is 0.492 e. The van der Waals surface area contributed by atoms with Crippen LogP contribution in [-0.4, -0.2) is 26.8 Å². The van der Waals surface area contributed by atoms with Crippen LogP contribution in [0.2, 0.25) is 0 Å². The third kappa shape index (κ3) is 3.74. The maximum Gasteiger partial charge on any atom is 0.237 e. The van der Waals surface area contributed by atoms with Gasteiger partial charge in [-0.1, -0.05) is 29.4 Å². The van der Waals surface area contributed by atoms with Crippen LogP contribution in [0.15, 0.2) is 41.5 Å². The van der Waals surface area contributed by atoms with Gasteiger partial charge < -0.3 is 20.2 Å². The molecule has 2 rings (SSSR count). The minimum absolute atomic E-state index is 0.368. The molecule has 3 N–H and O–H groups in total. The summed E-state index contributed by atoms with van der Waals surface area (Å²) in [5.74, 6) is -0.0991. The van der Waals surface area contributed by atoms with Crippen LogP contribution >= 0.6 is 0 Å². The molecule has 128 valence electrons. The number of rotatable bonds is 5. The summed E-state index contributed by atoms with van der Waals surface area (Å²) in [6.07, 6.45) is 3.69. The van der Waals surface area contributed by atoms with Crippen LogP contribution < -0.4 is 4.74 Å². The van der Waals surface area contributed by atoms with Crippen molar-refractivity contribution in [2.24, 2.45) is 0 Å². The number of aromatic hydroxyl groups is 2. The van der Waals surface area contributed by atoms with E-state index in [9.17, 15) is 15.4 Å². The van der Waals surface area contributed by atoms with Gasteiger partial charge >= 0.3 is 0 Å². The SMILES string of the molecule is CC(C)=CCOc1ccc(-c2c(C=C(C)C)c(O)n(O)c2O)cc1. The highest BCUT2D eigenvalue weighted by molar-refractivity contribution is 5.83. The smallest absolute Gasteiger partial charge is 0.237 e. The Balaban J connectivity index is 2.37. The van der Waals surface area contributed by atoms with Gasteiger partial charge in [-0.15, -0.1) is 4.73 Å². The monoisotopic (exact) mass is 329 g/mol. The van der Waals surface area contributed by atoms with Crippen molar-refractivity contribution >= 4 is 6.08 Å². The molecule has 0 saturated carbocycles. The van der Waals surface area contributed by atoms with E-state index in [1.165, 1.54) is 5.57 Å².